The number of halogens is 5. The Balaban J connectivity index is 1.96. The molecular weight excluding hydrogens is 352 g/mol. The number of rotatable bonds is 4. The van der Waals surface area contributed by atoms with Crippen LogP contribution < -0.4 is 10.6 Å². The summed E-state index contributed by atoms with van der Waals surface area (Å²) in [5.41, 5.74) is -0.749. The van der Waals surface area contributed by atoms with Gasteiger partial charge in [0.2, 0.25) is 5.95 Å². The first-order chi connectivity index (χ1) is 10.8. The van der Waals surface area contributed by atoms with Crippen LogP contribution in [-0.4, -0.2) is 16.0 Å². The van der Waals surface area contributed by atoms with Crippen LogP contribution in [0, 0.1) is 0 Å². The molecule has 9 heteroatoms. The predicted octanol–water partition coefficient (Wildman–Crippen LogP) is 5.12. The van der Waals surface area contributed by atoms with E-state index in [2.05, 4.69) is 20.6 Å². The molecule has 2 N–H and O–H groups in total. The SMILES string of the molecule is FC(F)(F)c1cc(Nc2c(Cl)cccc2Cl)nc(NC2CC2)n1. The van der Waals surface area contributed by atoms with E-state index in [4.69, 9.17) is 23.2 Å². The van der Waals surface area contributed by atoms with Crippen molar-refractivity contribution >= 4 is 40.7 Å². The molecular formula is C14H11Cl2F3N4. The zero-order chi connectivity index (χ0) is 16.6. The smallest absolute Gasteiger partial charge is 0.351 e. The fourth-order valence-electron chi connectivity index (χ4n) is 1.88. The average molecular weight is 363 g/mol. The number of hydrogen-bond acceptors (Lipinski definition) is 4. The molecule has 122 valence electrons. The van der Waals surface area contributed by atoms with Gasteiger partial charge in [0, 0.05) is 12.1 Å². The van der Waals surface area contributed by atoms with E-state index in [1.54, 1.807) is 18.2 Å². The van der Waals surface area contributed by atoms with E-state index in [0.29, 0.717) is 5.69 Å². The van der Waals surface area contributed by atoms with Gasteiger partial charge in [-0.2, -0.15) is 18.2 Å². The van der Waals surface area contributed by atoms with Gasteiger partial charge in [0.1, 0.15) is 5.82 Å². The van der Waals surface area contributed by atoms with Gasteiger partial charge in [-0.25, -0.2) is 4.98 Å². The van der Waals surface area contributed by atoms with Crippen LogP contribution in [0.15, 0.2) is 24.3 Å². The van der Waals surface area contributed by atoms with E-state index in [1.807, 2.05) is 0 Å². The summed E-state index contributed by atoms with van der Waals surface area (Å²) in [7, 11) is 0. The Morgan fingerprint density at radius 1 is 1.09 bits per heavy atom. The molecule has 1 aliphatic rings. The number of nitrogens with zero attached hydrogens (tertiary/aromatic N) is 2. The minimum Gasteiger partial charge on any atom is -0.351 e. The number of hydrogen-bond donors (Lipinski definition) is 2. The standard InChI is InChI=1S/C14H11Cl2F3N4/c15-8-2-1-3-9(16)12(8)22-11-6-10(14(17,18)19)21-13(23-11)20-7-4-5-7/h1-3,6-7H,4-5H2,(H2,20,21,22,23). The molecule has 1 saturated carbocycles. The lowest BCUT2D eigenvalue weighted by Gasteiger charge is -2.14. The number of para-hydroxylation sites is 1. The summed E-state index contributed by atoms with van der Waals surface area (Å²) in [5, 5.41) is 6.15. The predicted molar refractivity (Wildman–Crippen MR) is 83.4 cm³/mol. The van der Waals surface area contributed by atoms with E-state index >= 15 is 0 Å². The minimum atomic E-state index is -4.58. The third kappa shape index (κ3) is 3.97. The van der Waals surface area contributed by atoms with Crippen molar-refractivity contribution in [1.29, 1.82) is 0 Å². The third-order valence-corrected chi connectivity index (χ3v) is 3.77. The molecule has 0 bridgehead atoms. The van der Waals surface area contributed by atoms with E-state index in [0.717, 1.165) is 18.9 Å². The van der Waals surface area contributed by atoms with Crippen LogP contribution in [0.1, 0.15) is 18.5 Å². The van der Waals surface area contributed by atoms with Gasteiger partial charge in [0.15, 0.2) is 5.69 Å². The van der Waals surface area contributed by atoms with Crippen molar-refractivity contribution in [3.63, 3.8) is 0 Å². The lowest BCUT2D eigenvalue weighted by atomic mass is 10.3. The lowest BCUT2D eigenvalue weighted by Crippen LogP contribution is -2.14. The minimum absolute atomic E-state index is 0.0366. The van der Waals surface area contributed by atoms with Gasteiger partial charge in [0.25, 0.3) is 0 Å². The van der Waals surface area contributed by atoms with Crippen LogP contribution in [0.5, 0.6) is 0 Å². The van der Waals surface area contributed by atoms with E-state index < -0.39 is 11.9 Å². The second-order valence-corrected chi connectivity index (χ2v) is 5.91. The molecule has 1 fully saturated rings. The Labute approximate surface area is 140 Å². The van der Waals surface area contributed by atoms with Gasteiger partial charge in [-0.15, -0.1) is 0 Å². The number of anilines is 3. The normalized spacial score (nSPS) is 14.7. The average Bonchev–Trinajstić information content (AvgIpc) is 3.26. The van der Waals surface area contributed by atoms with Crippen LogP contribution in [0.3, 0.4) is 0 Å². The molecule has 2 aromatic rings. The molecule has 1 aromatic carbocycles. The van der Waals surface area contributed by atoms with Gasteiger partial charge < -0.3 is 10.6 Å². The summed E-state index contributed by atoms with van der Waals surface area (Å²) in [6.45, 7) is 0. The Morgan fingerprint density at radius 3 is 2.30 bits per heavy atom. The molecule has 3 rings (SSSR count). The fraction of sp³-hybridized carbons (Fsp3) is 0.286. The maximum absolute atomic E-state index is 13.0. The summed E-state index contributed by atoms with van der Waals surface area (Å²) in [6, 6.07) is 5.72. The molecule has 0 atom stereocenters. The second-order valence-electron chi connectivity index (χ2n) is 5.10. The number of alkyl halides is 3. The summed E-state index contributed by atoms with van der Waals surface area (Å²) in [5.74, 6) is -0.113. The molecule has 0 spiro atoms. The van der Waals surface area contributed by atoms with Gasteiger partial charge in [0.05, 0.1) is 15.7 Å². The quantitative estimate of drug-likeness (QED) is 0.792. The van der Waals surface area contributed by atoms with Crippen LogP contribution in [0.25, 0.3) is 0 Å². The highest BCUT2D eigenvalue weighted by Gasteiger charge is 2.34. The molecule has 0 unspecified atom stereocenters. The largest absolute Gasteiger partial charge is 0.433 e. The Kier molecular flexibility index (Phi) is 4.25. The summed E-state index contributed by atoms with van der Waals surface area (Å²) >= 11 is 12.0. The first kappa shape index (κ1) is 16.1. The van der Waals surface area contributed by atoms with Crippen molar-refractivity contribution in [2.45, 2.75) is 25.1 Å². The van der Waals surface area contributed by atoms with Crippen LogP contribution in [-0.2, 0) is 6.18 Å². The highest BCUT2D eigenvalue weighted by Crippen LogP contribution is 2.35. The zero-order valence-corrected chi connectivity index (χ0v) is 13.1. The molecule has 1 heterocycles. The van der Waals surface area contributed by atoms with Gasteiger partial charge in [-0.05, 0) is 25.0 Å². The Morgan fingerprint density at radius 2 is 1.74 bits per heavy atom. The molecule has 0 amide bonds. The van der Waals surface area contributed by atoms with Crippen molar-refractivity contribution in [2.75, 3.05) is 10.6 Å². The molecule has 0 radical (unpaired) electrons. The molecule has 0 saturated heterocycles. The fourth-order valence-corrected chi connectivity index (χ4v) is 2.37. The van der Waals surface area contributed by atoms with Crippen molar-refractivity contribution < 1.29 is 13.2 Å². The zero-order valence-electron chi connectivity index (χ0n) is 11.6. The first-order valence-corrected chi connectivity index (χ1v) is 7.52. The van der Waals surface area contributed by atoms with Crippen molar-refractivity contribution in [1.82, 2.24) is 9.97 Å². The Hall–Kier alpha value is -1.73. The maximum atomic E-state index is 13.0. The third-order valence-electron chi connectivity index (χ3n) is 3.14. The number of nitrogens with one attached hydrogen (secondary N) is 2. The second kappa shape index (κ2) is 6.05. The van der Waals surface area contributed by atoms with E-state index in [1.165, 1.54) is 0 Å². The van der Waals surface area contributed by atoms with Crippen molar-refractivity contribution in [3.05, 3.63) is 40.0 Å². The summed E-state index contributed by atoms with van der Waals surface area (Å²) in [6.07, 6.45) is -2.80. The number of benzene rings is 1. The van der Waals surface area contributed by atoms with E-state index in [9.17, 15) is 13.2 Å². The monoisotopic (exact) mass is 362 g/mol. The molecule has 1 aliphatic carbocycles. The van der Waals surface area contributed by atoms with Crippen LogP contribution >= 0.6 is 23.2 Å². The van der Waals surface area contributed by atoms with E-state index in [-0.39, 0.29) is 27.9 Å². The van der Waals surface area contributed by atoms with Crippen molar-refractivity contribution in [3.8, 4) is 0 Å². The topological polar surface area (TPSA) is 49.8 Å². The molecule has 4 nitrogen and oxygen atoms in total. The van der Waals surface area contributed by atoms with Crippen LogP contribution in [0.4, 0.5) is 30.6 Å². The Bertz CT molecular complexity index is 712. The number of aromatic nitrogens is 2. The van der Waals surface area contributed by atoms with Crippen molar-refractivity contribution in [2.24, 2.45) is 0 Å². The maximum Gasteiger partial charge on any atom is 0.433 e. The van der Waals surface area contributed by atoms with Gasteiger partial charge in [-0.3, -0.25) is 0 Å². The summed E-state index contributed by atoms with van der Waals surface area (Å²) < 4.78 is 39.0. The van der Waals surface area contributed by atoms with Gasteiger partial charge >= 0.3 is 6.18 Å². The summed E-state index contributed by atoms with van der Waals surface area (Å²) in [4.78, 5) is 7.57. The van der Waals surface area contributed by atoms with Gasteiger partial charge in [-0.1, -0.05) is 29.3 Å². The molecule has 1 aromatic heterocycles. The molecule has 0 aliphatic heterocycles. The highest BCUT2D eigenvalue weighted by molar-refractivity contribution is 6.39. The highest BCUT2D eigenvalue weighted by atomic mass is 35.5. The molecule has 23 heavy (non-hydrogen) atoms. The first-order valence-electron chi connectivity index (χ1n) is 6.77. The van der Waals surface area contributed by atoms with Crippen LogP contribution in [0.2, 0.25) is 10.0 Å². The lowest BCUT2D eigenvalue weighted by molar-refractivity contribution is -0.141.